The normalized spacial score (nSPS) is 12.6. The summed E-state index contributed by atoms with van der Waals surface area (Å²) in [6.07, 6.45) is 0.386. The second-order valence-corrected chi connectivity index (χ2v) is 11.7. The Morgan fingerprint density at radius 2 is 1.66 bits per heavy atom. The molecule has 0 spiro atoms. The summed E-state index contributed by atoms with van der Waals surface area (Å²) in [6, 6.07) is 12.5. The summed E-state index contributed by atoms with van der Waals surface area (Å²) in [4.78, 5) is 27.6. The van der Waals surface area contributed by atoms with Gasteiger partial charge >= 0.3 is 0 Å². The first kappa shape index (κ1) is 29.1. The van der Waals surface area contributed by atoms with Crippen LogP contribution in [0, 0.1) is 5.92 Å². The lowest BCUT2D eigenvalue weighted by molar-refractivity contribution is -0.140. The summed E-state index contributed by atoms with van der Waals surface area (Å²) in [7, 11) is -2.15. The van der Waals surface area contributed by atoms with Crippen LogP contribution >= 0.6 is 23.2 Å². The Labute approximate surface area is 218 Å². The molecule has 10 heteroatoms. The van der Waals surface area contributed by atoms with E-state index in [1.807, 2.05) is 13.8 Å². The molecule has 0 aliphatic rings. The maximum Gasteiger partial charge on any atom is 0.242 e. The summed E-state index contributed by atoms with van der Waals surface area (Å²) in [6.45, 7) is 6.49. The molecular formula is C25H33Cl2N3O4S. The number of nitrogens with one attached hydrogen (secondary N) is 1. The van der Waals surface area contributed by atoms with E-state index in [1.54, 1.807) is 43.3 Å². The zero-order valence-electron chi connectivity index (χ0n) is 20.5. The lowest BCUT2D eigenvalue weighted by atomic mass is 10.1. The number of rotatable bonds is 12. The van der Waals surface area contributed by atoms with Gasteiger partial charge in [0.25, 0.3) is 0 Å². The molecule has 2 amide bonds. The molecule has 0 heterocycles. The van der Waals surface area contributed by atoms with Gasteiger partial charge in [-0.2, -0.15) is 0 Å². The smallest absolute Gasteiger partial charge is 0.242 e. The van der Waals surface area contributed by atoms with E-state index in [0.29, 0.717) is 23.0 Å². The fraction of sp³-hybridized carbons (Fsp3) is 0.440. The van der Waals surface area contributed by atoms with Gasteiger partial charge in [0.15, 0.2) is 0 Å². The van der Waals surface area contributed by atoms with Gasteiger partial charge in [0.05, 0.1) is 14.9 Å². The maximum atomic E-state index is 13.2. The Bertz CT molecular complexity index is 1110. The number of benzene rings is 2. The summed E-state index contributed by atoms with van der Waals surface area (Å²) < 4.78 is 26.7. The van der Waals surface area contributed by atoms with Crippen molar-refractivity contribution in [1.29, 1.82) is 0 Å². The van der Waals surface area contributed by atoms with Gasteiger partial charge in [0, 0.05) is 33.1 Å². The van der Waals surface area contributed by atoms with E-state index < -0.39 is 16.1 Å². The van der Waals surface area contributed by atoms with Crippen molar-refractivity contribution in [2.75, 3.05) is 20.1 Å². The van der Waals surface area contributed by atoms with Crippen LogP contribution in [0.15, 0.2) is 53.4 Å². The van der Waals surface area contributed by atoms with Gasteiger partial charge in [0.1, 0.15) is 6.04 Å². The highest BCUT2D eigenvalue weighted by Gasteiger charge is 2.27. The van der Waals surface area contributed by atoms with Crippen molar-refractivity contribution < 1.29 is 18.0 Å². The van der Waals surface area contributed by atoms with Crippen molar-refractivity contribution in [1.82, 2.24) is 14.5 Å². The summed E-state index contributed by atoms with van der Waals surface area (Å²) in [5, 5.41) is 3.63. The second-order valence-electron chi connectivity index (χ2n) is 8.83. The Morgan fingerprint density at radius 1 is 1.00 bits per heavy atom. The molecule has 0 saturated carbocycles. The van der Waals surface area contributed by atoms with Gasteiger partial charge in [-0.1, -0.05) is 61.3 Å². The molecule has 2 rings (SSSR count). The van der Waals surface area contributed by atoms with Crippen molar-refractivity contribution in [2.45, 2.75) is 51.1 Å². The second kappa shape index (κ2) is 13.3. The fourth-order valence-electron chi connectivity index (χ4n) is 3.36. The van der Waals surface area contributed by atoms with Gasteiger partial charge in [-0.25, -0.2) is 12.7 Å². The summed E-state index contributed by atoms with van der Waals surface area (Å²) in [5.74, 6) is -0.239. The zero-order chi connectivity index (χ0) is 26.2. The molecule has 2 aromatic rings. The molecule has 0 aliphatic carbocycles. The van der Waals surface area contributed by atoms with Crippen LogP contribution in [-0.2, 0) is 26.2 Å². The molecule has 0 bridgehead atoms. The molecule has 1 atom stereocenters. The SMILES string of the molecule is CC(C)CNC(=O)[C@@H](C)N(Cc1ccc(Cl)c(Cl)c1)C(=O)CCCN(C)S(=O)(=O)c1ccccc1. The van der Waals surface area contributed by atoms with Gasteiger partial charge in [-0.15, -0.1) is 0 Å². The van der Waals surface area contributed by atoms with Crippen LogP contribution in [0.2, 0.25) is 10.0 Å². The van der Waals surface area contributed by atoms with E-state index in [0.717, 1.165) is 5.56 Å². The number of carbonyl (C=O) groups is 2. The Balaban J connectivity index is 2.10. The summed E-state index contributed by atoms with van der Waals surface area (Å²) >= 11 is 12.2. The predicted molar refractivity (Wildman–Crippen MR) is 140 cm³/mol. The molecule has 0 aliphatic heterocycles. The zero-order valence-corrected chi connectivity index (χ0v) is 22.8. The molecule has 7 nitrogen and oxygen atoms in total. The van der Waals surface area contributed by atoms with Gasteiger partial charge in [-0.05, 0) is 49.1 Å². The first-order chi connectivity index (χ1) is 16.4. The quantitative estimate of drug-likeness (QED) is 0.425. The van der Waals surface area contributed by atoms with Crippen LogP contribution in [0.5, 0.6) is 0 Å². The van der Waals surface area contributed by atoms with E-state index in [-0.39, 0.29) is 42.1 Å². The van der Waals surface area contributed by atoms with E-state index in [2.05, 4.69) is 5.32 Å². The van der Waals surface area contributed by atoms with Crippen LogP contribution in [0.25, 0.3) is 0 Å². The standard InChI is InChI=1S/C25H33Cl2N3O4S/c1-18(2)16-28-25(32)19(3)30(17-20-12-13-22(26)23(27)15-20)24(31)11-8-14-29(4)35(33,34)21-9-6-5-7-10-21/h5-7,9-10,12-13,15,18-19H,8,11,14,16-17H2,1-4H3,(H,28,32)/t19-/m1/s1. The minimum absolute atomic E-state index is 0.0811. The predicted octanol–water partition coefficient (Wildman–Crippen LogP) is 4.58. The van der Waals surface area contributed by atoms with Gasteiger partial charge in [-0.3, -0.25) is 9.59 Å². The minimum atomic E-state index is -3.64. The van der Waals surface area contributed by atoms with E-state index in [9.17, 15) is 18.0 Å². The van der Waals surface area contributed by atoms with E-state index in [1.165, 1.54) is 28.4 Å². The van der Waals surface area contributed by atoms with E-state index in [4.69, 9.17) is 23.2 Å². The van der Waals surface area contributed by atoms with Gasteiger partial charge in [0.2, 0.25) is 21.8 Å². The van der Waals surface area contributed by atoms with Crippen molar-refractivity contribution in [3.8, 4) is 0 Å². The summed E-state index contributed by atoms with van der Waals surface area (Å²) in [5.41, 5.74) is 0.736. The Hall–Kier alpha value is -2.13. The number of sulfonamides is 1. The lowest BCUT2D eigenvalue weighted by Crippen LogP contribution is -2.48. The average molecular weight is 543 g/mol. The van der Waals surface area contributed by atoms with Gasteiger partial charge < -0.3 is 10.2 Å². The third-order valence-corrected chi connectivity index (χ3v) is 8.11. The van der Waals surface area contributed by atoms with Crippen molar-refractivity contribution >= 4 is 45.0 Å². The van der Waals surface area contributed by atoms with Crippen LogP contribution < -0.4 is 5.32 Å². The molecule has 0 fully saturated rings. The maximum absolute atomic E-state index is 13.2. The van der Waals surface area contributed by atoms with Crippen LogP contribution in [0.4, 0.5) is 0 Å². The first-order valence-corrected chi connectivity index (χ1v) is 13.7. The van der Waals surface area contributed by atoms with Crippen LogP contribution in [0.3, 0.4) is 0 Å². The topological polar surface area (TPSA) is 86.8 Å². The number of hydrogen-bond donors (Lipinski definition) is 1. The van der Waals surface area contributed by atoms with E-state index >= 15 is 0 Å². The minimum Gasteiger partial charge on any atom is -0.354 e. The molecular weight excluding hydrogens is 509 g/mol. The largest absolute Gasteiger partial charge is 0.354 e. The van der Waals surface area contributed by atoms with Crippen molar-refractivity contribution in [3.63, 3.8) is 0 Å². The highest BCUT2D eigenvalue weighted by Crippen LogP contribution is 2.24. The fourth-order valence-corrected chi connectivity index (χ4v) is 4.91. The molecule has 0 aromatic heterocycles. The third-order valence-electron chi connectivity index (χ3n) is 5.50. The van der Waals surface area contributed by atoms with Crippen molar-refractivity contribution in [3.05, 3.63) is 64.1 Å². The molecule has 192 valence electrons. The Kier molecular flexibility index (Phi) is 11.0. The highest BCUT2D eigenvalue weighted by atomic mass is 35.5. The number of amides is 2. The Morgan fingerprint density at radius 3 is 2.26 bits per heavy atom. The third kappa shape index (κ3) is 8.49. The first-order valence-electron chi connectivity index (χ1n) is 11.5. The molecule has 35 heavy (non-hydrogen) atoms. The number of nitrogens with zero attached hydrogens (tertiary/aromatic N) is 2. The van der Waals surface area contributed by atoms with Crippen molar-refractivity contribution in [2.24, 2.45) is 5.92 Å². The monoisotopic (exact) mass is 541 g/mol. The average Bonchev–Trinajstić information content (AvgIpc) is 2.82. The molecule has 0 saturated heterocycles. The molecule has 2 aromatic carbocycles. The number of hydrogen-bond acceptors (Lipinski definition) is 4. The highest BCUT2D eigenvalue weighted by molar-refractivity contribution is 7.89. The van der Waals surface area contributed by atoms with Crippen LogP contribution in [-0.4, -0.2) is 55.6 Å². The number of carbonyl (C=O) groups excluding carboxylic acids is 2. The molecule has 0 unspecified atom stereocenters. The number of halogens is 2. The molecule has 0 radical (unpaired) electrons. The molecule has 1 N–H and O–H groups in total. The lowest BCUT2D eigenvalue weighted by Gasteiger charge is -2.29. The van der Waals surface area contributed by atoms with Crippen LogP contribution in [0.1, 0.15) is 39.2 Å².